The third kappa shape index (κ3) is 4.07. The van der Waals surface area contributed by atoms with E-state index in [1.54, 1.807) is 24.5 Å². The zero-order chi connectivity index (χ0) is 17.6. The molecule has 3 rings (SSSR count). The number of rotatable bonds is 4. The number of likely N-dealkylation sites (tertiary alicyclic amines) is 1. The van der Waals surface area contributed by atoms with Gasteiger partial charge in [0.2, 0.25) is 0 Å². The first-order valence-electron chi connectivity index (χ1n) is 8.63. The van der Waals surface area contributed by atoms with Crippen LogP contribution in [0.3, 0.4) is 0 Å². The maximum atomic E-state index is 12.7. The van der Waals surface area contributed by atoms with Crippen LogP contribution in [-0.4, -0.2) is 29.7 Å². The second-order valence-corrected chi connectivity index (χ2v) is 6.24. The van der Waals surface area contributed by atoms with E-state index in [9.17, 15) is 9.90 Å². The third-order valence-electron chi connectivity index (χ3n) is 4.57. The Morgan fingerprint density at radius 1 is 1.36 bits per heavy atom. The third-order valence-corrected chi connectivity index (χ3v) is 4.57. The van der Waals surface area contributed by atoms with E-state index in [0.29, 0.717) is 12.3 Å². The number of amides is 2. The summed E-state index contributed by atoms with van der Waals surface area (Å²) in [6.07, 6.45) is 5.77. The number of furan rings is 1. The molecule has 2 amide bonds. The van der Waals surface area contributed by atoms with Gasteiger partial charge in [-0.1, -0.05) is 18.9 Å². The van der Waals surface area contributed by atoms with Crippen molar-refractivity contribution in [2.75, 3.05) is 13.7 Å². The fourth-order valence-corrected chi connectivity index (χ4v) is 3.24. The van der Waals surface area contributed by atoms with Gasteiger partial charge in [-0.3, -0.25) is 0 Å². The van der Waals surface area contributed by atoms with Gasteiger partial charge in [0.25, 0.3) is 0 Å². The van der Waals surface area contributed by atoms with Crippen LogP contribution in [0.5, 0.6) is 11.5 Å². The molecule has 1 saturated heterocycles. The normalized spacial score (nSPS) is 17.8. The van der Waals surface area contributed by atoms with E-state index in [0.717, 1.165) is 43.6 Å². The van der Waals surface area contributed by atoms with Gasteiger partial charge in [0.1, 0.15) is 5.76 Å². The Kier molecular flexibility index (Phi) is 5.48. The minimum Gasteiger partial charge on any atom is -0.504 e. The number of methoxy groups -OCH3 is 1. The van der Waals surface area contributed by atoms with Crippen molar-refractivity contribution in [3.05, 3.63) is 47.9 Å². The highest BCUT2D eigenvalue weighted by Gasteiger charge is 2.28. The Balaban J connectivity index is 1.68. The molecule has 1 aliphatic rings. The number of benzene rings is 1. The van der Waals surface area contributed by atoms with E-state index in [1.165, 1.54) is 7.11 Å². The lowest BCUT2D eigenvalue weighted by Crippen LogP contribution is -2.41. The van der Waals surface area contributed by atoms with E-state index in [4.69, 9.17) is 9.15 Å². The lowest BCUT2D eigenvalue weighted by molar-refractivity contribution is 0.166. The molecule has 1 aromatic carbocycles. The van der Waals surface area contributed by atoms with E-state index in [-0.39, 0.29) is 17.8 Å². The number of nitrogens with zero attached hydrogens (tertiary/aromatic N) is 1. The molecule has 1 atom stereocenters. The lowest BCUT2D eigenvalue weighted by atomic mass is 10.1. The zero-order valence-corrected chi connectivity index (χ0v) is 14.4. The average Bonchev–Trinajstić information content (AvgIpc) is 3.05. The van der Waals surface area contributed by atoms with E-state index in [2.05, 4.69) is 5.32 Å². The van der Waals surface area contributed by atoms with Crippen LogP contribution >= 0.6 is 0 Å². The van der Waals surface area contributed by atoms with Crippen molar-refractivity contribution in [1.29, 1.82) is 0 Å². The fourth-order valence-electron chi connectivity index (χ4n) is 3.24. The van der Waals surface area contributed by atoms with Crippen molar-refractivity contribution in [3.8, 4) is 11.5 Å². The van der Waals surface area contributed by atoms with Crippen molar-refractivity contribution < 1.29 is 19.1 Å². The van der Waals surface area contributed by atoms with Gasteiger partial charge in [-0.25, -0.2) is 4.79 Å². The highest BCUT2D eigenvalue weighted by molar-refractivity contribution is 5.74. The number of carbonyl (C=O) groups is 1. The second-order valence-electron chi connectivity index (χ2n) is 6.24. The summed E-state index contributed by atoms with van der Waals surface area (Å²) in [5.74, 6) is 1.32. The molecule has 1 unspecified atom stereocenters. The monoisotopic (exact) mass is 344 g/mol. The second kappa shape index (κ2) is 7.96. The highest BCUT2D eigenvalue weighted by Crippen LogP contribution is 2.30. The molecule has 1 aliphatic heterocycles. The van der Waals surface area contributed by atoms with Gasteiger partial charge in [0.05, 0.1) is 19.4 Å². The molecule has 2 aromatic rings. The van der Waals surface area contributed by atoms with E-state index >= 15 is 0 Å². The summed E-state index contributed by atoms with van der Waals surface area (Å²) in [7, 11) is 1.50. The lowest BCUT2D eigenvalue weighted by Gasteiger charge is -2.28. The van der Waals surface area contributed by atoms with Crippen LogP contribution in [0.25, 0.3) is 0 Å². The molecule has 6 heteroatoms. The Bertz CT molecular complexity index is 699. The quantitative estimate of drug-likeness (QED) is 0.884. The van der Waals surface area contributed by atoms with Crippen LogP contribution in [0, 0.1) is 0 Å². The van der Waals surface area contributed by atoms with Crippen molar-refractivity contribution in [2.24, 2.45) is 0 Å². The fraction of sp³-hybridized carbons (Fsp3) is 0.421. The number of phenols is 1. The Hall–Kier alpha value is -2.63. The molecule has 0 aliphatic carbocycles. The Morgan fingerprint density at radius 3 is 3.00 bits per heavy atom. The highest BCUT2D eigenvalue weighted by atomic mass is 16.5. The summed E-state index contributed by atoms with van der Waals surface area (Å²) in [4.78, 5) is 14.6. The number of ether oxygens (including phenoxy) is 1. The molecule has 25 heavy (non-hydrogen) atoms. The molecule has 6 nitrogen and oxygen atoms in total. The molecule has 1 aromatic heterocycles. The van der Waals surface area contributed by atoms with Gasteiger partial charge in [-0.2, -0.15) is 0 Å². The SMILES string of the molecule is COc1cc(CNC(=O)N2CCCCCC2c2ccco2)ccc1O. The molecule has 0 saturated carbocycles. The van der Waals surface area contributed by atoms with Crippen LogP contribution in [0.2, 0.25) is 0 Å². The molecule has 2 N–H and O–H groups in total. The maximum Gasteiger partial charge on any atom is 0.318 e. The molecule has 0 radical (unpaired) electrons. The van der Waals surface area contributed by atoms with E-state index < -0.39 is 0 Å². The number of urea groups is 1. The smallest absolute Gasteiger partial charge is 0.318 e. The number of hydrogen-bond acceptors (Lipinski definition) is 4. The number of hydrogen-bond donors (Lipinski definition) is 2. The molecule has 134 valence electrons. The van der Waals surface area contributed by atoms with Crippen LogP contribution < -0.4 is 10.1 Å². The van der Waals surface area contributed by atoms with Crippen LogP contribution in [0.15, 0.2) is 41.0 Å². The van der Waals surface area contributed by atoms with Crippen molar-refractivity contribution in [2.45, 2.75) is 38.3 Å². The summed E-state index contributed by atoms with van der Waals surface area (Å²) in [5.41, 5.74) is 0.868. The molecule has 0 bridgehead atoms. The van der Waals surface area contributed by atoms with Gasteiger partial charge in [-0.15, -0.1) is 0 Å². The van der Waals surface area contributed by atoms with Gasteiger partial charge >= 0.3 is 6.03 Å². The largest absolute Gasteiger partial charge is 0.504 e. The van der Waals surface area contributed by atoms with Crippen molar-refractivity contribution in [1.82, 2.24) is 10.2 Å². The predicted molar refractivity (Wildman–Crippen MR) is 93.5 cm³/mol. The number of phenolic OH excluding ortho intramolecular Hbond substituents is 1. The van der Waals surface area contributed by atoms with Gasteiger partial charge in [-0.05, 0) is 42.7 Å². The minimum atomic E-state index is -0.102. The van der Waals surface area contributed by atoms with Crippen LogP contribution in [-0.2, 0) is 6.54 Å². The zero-order valence-electron chi connectivity index (χ0n) is 14.4. The first kappa shape index (κ1) is 17.2. The molecular formula is C19H24N2O4. The van der Waals surface area contributed by atoms with Gasteiger partial charge < -0.3 is 24.5 Å². The Labute approximate surface area is 147 Å². The van der Waals surface area contributed by atoms with E-state index in [1.807, 2.05) is 17.0 Å². The van der Waals surface area contributed by atoms with Gasteiger partial charge in [0, 0.05) is 13.1 Å². The predicted octanol–water partition coefficient (Wildman–Crippen LogP) is 3.82. The molecular weight excluding hydrogens is 320 g/mol. The number of nitrogens with one attached hydrogen (secondary N) is 1. The van der Waals surface area contributed by atoms with Crippen molar-refractivity contribution in [3.63, 3.8) is 0 Å². The summed E-state index contributed by atoms with van der Waals surface area (Å²) in [5, 5.41) is 12.6. The maximum absolute atomic E-state index is 12.7. The molecule has 1 fully saturated rings. The number of carbonyl (C=O) groups excluding carboxylic acids is 1. The number of aromatic hydroxyl groups is 1. The first-order valence-corrected chi connectivity index (χ1v) is 8.63. The van der Waals surface area contributed by atoms with Crippen LogP contribution in [0.4, 0.5) is 4.79 Å². The topological polar surface area (TPSA) is 74.9 Å². The summed E-state index contributed by atoms with van der Waals surface area (Å²) >= 11 is 0. The van der Waals surface area contributed by atoms with Gasteiger partial charge in [0.15, 0.2) is 11.5 Å². The summed E-state index contributed by atoms with van der Waals surface area (Å²) < 4.78 is 10.7. The summed E-state index contributed by atoms with van der Waals surface area (Å²) in [6.45, 7) is 1.09. The van der Waals surface area contributed by atoms with Crippen LogP contribution in [0.1, 0.15) is 43.0 Å². The Morgan fingerprint density at radius 2 is 2.24 bits per heavy atom. The minimum absolute atomic E-state index is 0.0214. The molecule has 2 heterocycles. The average molecular weight is 344 g/mol. The van der Waals surface area contributed by atoms with Crippen molar-refractivity contribution >= 4 is 6.03 Å². The summed E-state index contributed by atoms with van der Waals surface area (Å²) in [6, 6.07) is 8.73. The molecule has 0 spiro atoms. The first-order chi connectivity index (χ1) is 12.2. The standard InChI is InChI=1S/C19H24N2O4/c1-24-18-12-14(8-9-16(18)22)13-20-19(23)21-10-4-2-3-6-15(21)17-7-5-11-25-17/h5,7-9,11-12,15,22H,2-4,6,10,13H2,1H3,(H,20,23).